The molecule has 0 aliphatic rings. The summed E-state index contributed by atoms with van der Waals surface area (Å²) in [6, 6.07) is 0. The maximum atomic E-state index is 10.6. The molecule has 0 amide bonds. The average molecular weight is 220 g/mol. The molecule has 0 bridgehead atoms. The van der Waals surface area contributed by atoms with Gasteiger partial charge in [-0.25, -0.2) is 4.79 Å². The van der Waals surface area contributed by atoms with Gasteiger partial charge in [0, 0.05) is 6.08 Å². The molecule has 1 unspecified atom stereocenters. The van der Waals surface area contributed by atoms with Gasteiger partial charge in [0.05, 0.1) is 26.4 Å². The Morgan fingerprint density at radius 1 is 1.33 bits per heavy atom. The van der Waals surface area contributed by atoms with Crippen LogP contribution in [-0.2, 0) is 19.0 Å². The zero-order chi connectivity index (χ0) is 11.5. The van der Waals surface area contributed by atoms with Crippen molar-refractivity contribution in [1.29, 1.82) is 0 Å². The quantitative estimate of drug-likeness (QED) is 0.226. The molecule has 0 aromatic carbocycles. The monoisotopic (exact) mass is 220 g/mol. The third-order valence-electron chi connectivity index (χ3n) is 1.29. The molecular weight excluding hydrogens is 204 g/mol. The van der Waals surface area contributed by atoms with E-state index >= 15 is 0 Å². The molecule has 0 aliphatic heterocycles. The summed E-state index contributed by atoms with van der Waals surface area (Å²) in [4.78, 5) is 10.6. The van der Waals surface area contributed by atoms with Gasteiger partial charge in [-0.2, -0.15) is 0 Å². The maximum absolute atomic E-state index is 10.6. The summed E-state index contributed by atoms with van der Waals surface area (Å²) in [5.74, 6) is -0.706. The van der Waals surface area contributed by atoms with Gasteiger partial charge in [-0.15, -0.1) is 0 Å². The number of ether oxygens (including phenoxy) is 3. The lowest BCUT2D eigenvalue weighted by molar-refractivity contribution is -0.171. The number of rotatable bonds is 9. The molecule has 0 heterocycles. The van der Waals surface area contributed by atoms with Crippen LogP contribution in [0.4, 0.5) is 0 Å². The molecule has 0 aliphatic carbocycles. The second-order valence-electron chi connectivity index (χ2n) is 2.51. The van der Waals surface area contributed by atoms with Gasteiger partial charge in [-0.05, 0) is 0 Å². The summed E-state index contributed by atoms with van der Waals surface area (Å²) in [5.41, 5.74) is 0. The SMILES string of the molecule is C=CC(=O)OC(O)COCCOCCO. The van der Waals surface area contributed by atoms with Crippen LogP contribution in [-0.4, -0.2) is 55.5 Å². The van der Waals surface area contributed by atoms with E-state index in [1.807, 2.05) is 0 Å². The van der Waals surface area contributed by atoms with Crippen molar-refractivity contribution in [3.05, 3.63) is 12.7 Å². The van der Waals surface area contributed by atoms with Gasteiger partial charge in [-0.1, -0.05) is 6.58 Å². The van der Waals surface area contributed by atoms with Gasteiger partial charge >= 0.3 is 5.97 Å². The molecule has 6 nitrogen and oxygen atoms in total. The zero-order valence-corrected chi connectivity index (χ0v) is 8.42. The van der Waals surface area contributed by atoms with E-state index in [4.69, 9.17) is 19.7 Å². The van der Waals surface area contributed by atoms with Gasteiger partial charge in [-0.3, -0.25) is 0 Å². The normalized spacial score (nSPS) is 12.1. The van der Waals surface area contributed by atoms with Gasteiger partial charge in [0.2, 0.25) is 6.29 Å². The Balaban J connectivity index is 3.27. The maximum Gasteiger partial charge on any atom is 0.332 e. The van der Waals surface area contributed by atoms with Crippen molar-refractivity contribution < 1.29 is 29.2 Å². The number of aliphatic hydroxyl groups excluding tert-OH is 2. The standard InChI is InChI=1S/C9H16O6/c1-2-8(11)15-9(12)7-14-6-5-13-4-3-10/h2,9-10,12H,1,3-7H2. The molecule has 0 spiro atoms. The smallest absolute Gasteiger partial charge is 0.332 e. The van der Waals surface area contributed by atoms with Crippen LogP contribution in [0.1, 0.15) is 0 Å². The van der Waals surface area contributed by atoms with Crippen LogP contribution in [0.5, 0.6) is 0 Å². The van der Waals surface area contributed by atoms with Crippen molar-refractivity contribution in [2.45, 2.75) is 6.29 Å². The van der Waals surface area contributed by atoms with E-state index in [2.05, 4.69) is 11.3 Å². The van der Waals surface area contributed by atoms with E-state index in [1.54, 1.807) is 0 Å². The minimum Gasteiger partial charge on any atom is -0.430 e. The van der Waals surface area contributed by atoms with E-state index < -0.39 is 12.3 Å². The summed E-state index contributed by atoms with van der Waals surface area (Å²) in [5, 5.41) is 17.4. The lowest BCUT2D eigenvalue weighted by atomic mass is 10.6. The Bertz CT molecular complexity index is 181. The van der Waals surface area contributed by atoms with Crippen LogP contribution < -0.4 is 0 Å². The predicted molar refractivity (Wildman–Crippen MR) is 51.0 cm³/mol. The minimum absolute atomic E-state index is 0.0421. The highest BCUT2D eigenvalue weighted by Gasteiger charge is 2.07. The number of carbonyl (C=O) groups is 1. The topological polar surface area (TPSA) is 85.2 Å². The number of esters is 1. The molecule has 0 radical (unpaired) electrons. The summed E-state index contributed by atoms with van der Waals surface area (Å²) >= 11 is 0. The molecule has 1 atom stereocenters. The van der Waals surface area contributed by atoms with Crippen molar-refractivity contribution >= 4 is 5.97 Å². The molecule has 0 aromatic heterocycles. The largest absolute Gasteiger partial charge is 0.430 e. The lowest BCUT2D eigenvalue weighted by Gasteiger charge is -2.10. The van der Waals surface area contributed by atoms with Crippen LogP contribution in [0, 0.1) is 0 Å². The lowest BCUT2D eigenvalue weighted by Crippen LogP contribution is -2.23. The minimum atomic E-state index is -1.30. The van der Waals surface area contributed by atoms with Gasteiger partial charge in [0.1, 0.15) is 6.61 Å². The van der Waals surface area contributed by atoms with Crippen molar-refractivity contribution in [2.75, 3.05) is 33.0 Å². The predicted octanol–water partition coefficient (Wildman–Crippen LogP) is -0.941. The highest BCUT2D eigenvalue weighted by atomic mass is 16.7. The third-order valence-corrected chi connectivity index (χ3v) is 1.29. The molecule has 0 aromatic rings. The fourth-order valence-corrected chi connectivity index (χ4v) is 0.685. The summed E-state index contributed by atoms with van der Waals surface area (Å²) in [7, 11) is 0. The van der Waals surface area contributed by atoms with Crippen LogP contribution in [0.2, 0.25) is 0 Å². The number of carbonyl (C=O) groups excluding carboxylic acids is 1. The number of hydrogen-bond donors (Lipinski definition) is 2. The average Bonchev–Trinajstić information content (AvgIpc) is 2.23. The van der Waals surface area contributed by atoms with Crippen molar-refractivity contribution in [3.8, 4) is 0 Å². The first-order valence-electron chi connectivity index (χ1n) is 4.48. The van der Waals surface area contributed by atoms with E-state index in [0.717, 1.165) is 6.08 Å². The summed E-state index contributed by atoms with van der Waals surface area (Å²) in [6.45, 7) is 3.82. The first kappa shape index (κ1) is 14.1. The Morgan fingerprint density at radius 2 is 2.00 bits per heavy atom. The molecule has 6 heteroatoms. The third kappa shape index (κ3) is 9.36. The summed E-state index contributed by atoms with van der Waals surface area (Å²) < 4.78 is 14.2. The molecule has 0 fully saturated rings. The van der Waals surface area contributed by atoms with Crippen LogP contribution in [0.25, 0.3) is 0 Å². The van der Waals surface area contributed by atoms with Crippen LogP contribution in [0.15, 0.2) is 12.7 Å². The van der Waals surface area contributed by atoms with Gasteiger partial charge in [0.25, 0.3) is 0 Å². The van der Waals surface area contributed by atoms with Crippen molar-refractivity contribution in [3.63, 3.8) is 0 Å². The molecule has 0 rings (SSSR count). The highest BCUT2D eigenvalue weighted by molar-refractivity contribution is 5.81. The van der Waals surface area contributed by atoms with Crippen molar-refractivity contribution in [1.82, 2.24) is 0 Å². The Hall–Kier alpha value is -0.950. The van der Waals surface area contributed by atoms with Crippen molar-refractivity contribution in [2.24, 2.45) is 0 Å². The Morgan fingerprint density at radius 3 is 2.60 bits per heavy atom. The fourth-order valence-electron chi connectivity index (χ4n) is 0.685. The first-order valence-corrected chi connectivity index (χ1v) is 4.48. The number of aliphatic hydroxyl groups is 2. The molecule has 2 N–H and O–H groups in total. The molecule has 0 saturated heterocycles. The zero-order valence-electron chi connectivity index (χ0n) is 8.42. The van der Waals surface area contributed by atoms with Gasteiger partial charge in [0.15, 0.2) is 0 Å². The second kappa shape index (κ2) is 9.60. The van der Waals surface area contributed by atoms with Crippen LogP contribution >= 0.6 is 0 Å². The van der Waals surface area contributed by atoms with E-state index in [9.17, 15) is 4.79 Å². The fraction of sp³-hybridized carbons (Fsp3) is 0.667. The number of hydrogen-bond acceptors (Lipinski definition) is 6. The van der Waals surface area contributed by atoms with E-state index in [1.165, 1.54) is 0 Å². The first-order chi connectivity index (χ1) is 7.20. The highest BCUT2D eigenvalue weighted by Crippen LogP contribution is 1.90. The molecule has 88 valence electrons. The van der Waals surface area contributed by atoms with Gasteiger partial charge < -0.3 is 24.4 Å². The molecular formula is C9H16O6. The van der Waals surface area contributed by atoms with Crippen LogP contribution in [0.3, 0.4) is 0 Å². The Kier molecular flexibility index (Phi) is 8.99. The van der Waals surface area contributed by atoms with E-state index in [-0.39, 0.29) is 26.4 Å². The molecule has 15 heavy (non-hydrogen) atoms. The summed E-state index contributed by atoms with van der Waals surface area (Å²) in [6.07, 6.45) is -0.346. The Labute approximate surface area is 88.1 Å². The molecule has 0 saturated carbocycles. The van der Waals surface area contributed by atoms with E-state index in [0.29, 0.717) is 6.61 Å². The second-order valence-corrected chi connectivity index (χ2v) is 2.51.